The zero-order valence-electron chi connectivity index (χ0n) is 12.5. The van der Waals surface area contributed by atoms with Crippen LogP contribution in [0, 0.1) is 0 Å². The molecule has 1 atom stereocenters. The summed E-state index contributed by atoms with van der Waals surface area (Å²) in [5, 5.41) is 11.7. The van der Waals surface area contributed by atoms with Crippen molar-refractivity contribution in [2.75, 3.05) is 11.9 Å². The topological polar surface area (TPSA) is 75.6 Å². The van der Waals surface area contributed by atoms with Gasteiger partial charge in [0.2, 0.25) is 5.91 Å². The van der Waals surface area contributed by atoms with Gasteiger partial charge in [-0.05, 0) is 30.2 Å². The van der Waals surface area contributed by atoms with E-state index in [-0.39, 0.29) is 24.9 Å². The maximum atomic E-state index is 12.2. The highest BCUT2D eigenvalue weighted by Gasteiger charge is 2.31. The molecule has 23 heavy (non-hydrogen) atoms. The zero-order chi connectivity index (χ0) is 16.2. The molecule has 0 fully saturated rings. The number of hydrogen-bond acceptors (Lipinski definition) is 4. The SMILES string of the molecule is O=C(C[C@H]1OC(=O)c2ccccc21)Nc1ccc(CCO)cc1. The number of carbonyl (C=O) groups is 2. The molecule has 5 nitrogen and oxygen atoms in total. The second kappa shape index (κ2) is 6.62. The van der Waals surface area contributed by atoms with Crippen molar-refractivity contribution in [2.24, 2.45) is 0 Å². The summed E-state index contributed by atoms with van der Waals surface area (Å²) in [6, 6.07) is 14.4. The molecule has 0 aliphatic carbocycles. The molecule has 0 radical (unpaired) electrons. The number of carbonyl (C=O) groups excluding carboxylic acids is 2. The summed E-state index contributed by atoms with van der Waals surface area (Å²) in [4.78, 5) is 23.9. The van der Waals surface area contributed by atoms with Crippen molar-refractivity contribution in [2.45, 2.75) is 18.9 Å². The van der Waals surface area contributed by atoms with Gasteiger partial charge in [0.15, 0.2) is 0 Å². The predicted molar refractivity (Wildman–Crippen MR) is 85.1 cm³/mol. The summed E-state index contributed by atoms with van der Waals surface area (Å²) < 4.78 is 5.26. The molecule has 0 bridgehead atoms. The molecule has 0 saturated heterocycles. The van der Waals surface area contributed by atoms with Gasteiger partial charge in [-0.1, -0.05) is 30.3 Å². The number of anilines is 1. The average Bonchev–Trinajstić information content (AvgIpc) is 2.86. The fourth-order valence-corrected chi connectivity index (χ4v) is 2.64. The highest BCUT2D eigenvalue weighted by atomic mass is 16.5. The summed E-state index contributed by atoms with van der Waals surface area (Å²) in [6.45, 7) is 0.0954. The number of nitrogens with one attached hydrogen (secondary N) is 1. The molecule has 0 saturated carbocycles. The van der Waals surface area contributed by atoms with Crippen molar-refractivity contribution < 1.29 is 19.4 Å². The minimum Gasteiger partial charge on any atom is -0.453 e. The van der Waals surface area contributed by atoms with Crippen LogP contribution in [0.5, 0.6) is 0 Å². The predicted octanol–water partition coefficient (Wildman–Crippen LogP) is 2.46. The van der Waals surface area contributed by atoms with E-state index >= 15 is 0 Å². The van der Waals surface area contributed by atoms with E-state index in [1.54, 1.807) is 24.3 Å². The second-order valence-electron chi connectivity index (χ2n) is 5.40. The number of rotatable bonds is 5. The molecule has 5 heteroatoms. The Morgan fingerprint density at radius 2 is 1.87 bits per heavy atom. The van der Waals surface area contributed by atoms with Gasteiger partial charge in [0.1, 0.15) is 6.10 Å². The molecule has 1 amide bonds. The smallest absolute Gasteiger partial charge is 0.339 e. The third-order valence-electron chi connectivity index (χ3n) is 3.79. The number of cyclic esters (lactones) is 1. The van der Waals surface area contributed by atoms with E-state index < -0.39 is 6.10 Å². The van der Waals surface area contributed by atoms with Crippen LogP contribution < -0.4 is 5.32 Å². The van der Waals surface area contributed by atoms with Gasteiger partial charge in [-0.25, -0.2) is 4.79 Å². The van der Waals surface area contributed by atoms with Gasteiger partial charge < -0.3 is 15.2 Å². The van der Waals surface area contributed by atoms with E-state index in [0.717, 1.165) is 11.1 Å². The maximum Gasteiger partial charge on any atom is 0.339 e. The first-order chi connectivity index (χ1) is 11.2. The summed E-state index contributed by atoms with van der Waals surface area (Å²) in [5.74, 6) is -0.596. The Morgan fingerprint density at radius 1 is 1.13 bits per heavy atom. The van der Waals surface area contributed by atoms with Crippen LogP contribution >= 0.6 is 0 Å². The van der Waals surface area contributed by atoms with Gasteiger partial charge in [0, 0.05) is 17.9 Å². The molecule has 2 aromatic carbocycles. The molecule has 1 aliphatic heterocycles. The van der Waals surface area contributed by atoms with Crippen LogP contribution in [-0.4, -0.2) is 23.6 Å². The second-order valence-corrected chi connectivity index (χ2v) is 5.40. The number of benzene rings is 2. The first kappa shape index (κ1) is 15.2. The van der Waals surface area contributed by atoms with Gasteiger partial charge in [0.05, 0.1) is 12.0 Å². The third-order valence-corrected chi connectivity index (χ3v) is 3.79. The molecule has 1 heterocycles. The fourth-order valence-electron chi connectivity index (χ4n) is 2.64. The van der Waals surface area contributed by atoms with Crippen molar-refractivity contribution in [3.8, 4) is 0 Å². The van der Waals surface area contributed by atoms with Crippen LogP contribution in [0.1, 0.15) is 34.0 Å². The summed E-state index contributed by atoms with van der Waals surface area (Å²) >= 11 is 0. The molecule has 2 N–H and O–H groups in total. The monoisotopic (exact) mass is 311 g/mol. The molecular weight excluding hydrogens is 294 g/mol. The fraction of sp³-hybridized carbons (Fsp3) is 0.222. The van der Waals surface area contributed by atoms with Crippen molar-refractivity contribution in [1.29, 1.82) is 0 Å². The van der Waals surface area contributed by atoms with Gasteiger partial charge in [-0.3, -0.25) is 4.79 Å². The largest absolute Gasteiger partial charge is 0.453 e. The maximum absolute atomic E-state index is 12.2. The summed E-state index contributed by atoms with van der Waals surface area (Å²) in [5.41, 5.74) is 2.96. The normalized spacial score (nSPS) is 15.9. The minimum absolute atomic E-state index is 0.0845. The van der Waals surface area contributed by atoms with Crippen LogP contribution in [0.3, 0.4) is 0 Å². The molecule has 0 aromatic heterocycles. The summed E-state index contributed by atoms with van der Waals surface area (Å²) in [7, 11) is 0. The van der Waals surface area contributed by atoms with Crippen molar-refractivity contribution in [3.63, 3.8) is 0 Å². The molecule has 118 valence electrons. The number of hydrogen-bond donors (Lipinski definition) is 2. The highest BCUT2D eigenvalue weighted by Crippen LogP contribution is 2.32. The molecule has 0 unspecified atom stereocenters. The lowest BCUT2D eigenvalue weighted by Crippen LogP contribution is -2.15. The van der Waals surface area contributed by atoms with Gasteiger partial charge in [-0.15, -0.1) is 0 Å². The van der Waals surface area contributed by atoms with E-state index in [4.69, 9.17) is 9.84 Å². The van der Waals surface area contributed by atoms with E-state index in [9.17, 15) is 9.59 Å². The Kier molecular flexibility index (Phi) is 4.39. The third kappa shape index (κ3) is 3.40. The molecule has 1 aliphatic rings. The van der Waals surface area contributed by atoms with E-state index in [1.165, 1.54) is 0 Å². The molecule has 0 spiro atoms. The number of amides is 1. The van der Waals surface area contributed by atoms with Crippen molar-refractivity contribution in [3.05, 3.63) is 65.2 Å². The average molecular weight is 311 g/mol. The lowest BCUT2D eigenvalue weighted by molar-refractivity contribution is -0.118. The van der Waals surface area contributed by atoms with Crippen LogP contribution in [0.25, 0.3) is 0 Å². The Labute approximate surface area is 133 Å². The highest BCUT2D eigenvalue weighted by molar-refractivity contribution is 5.96. The summed E-state index contributed by atoms with van der Waals surface area (Å²) in [6.07, 6.45) is 0.136. The van der Waals surface area contributed by atoms with Crippen molar-refractivity contribution >= 4 is 17.6 Å². The Morgan fingerprint density at radius 3 is 2.61 bits per heavy atom. The standard InChI is InChI=1S/C18H17NO4/c20-10-9-12-5-7-13(8-6-12)19-17(21)11-16-14-3-1-2-4-15(14)18(22)23-16/h1-8,16,20H,9-11H2,(H,19,21)/t16-/m1/s1. The van der Waals surface area contributed by atoms with Crippen LogP contribution in [-0.2, 0) is 16.0 Å². The molecule has 3 rings (SSSR count). The van der Waals surface area contributed by atoms with Crippen LogP contribution in [0.4, 0.5) is 5.69 Å². The molecule has 2 aromatic rings. The number of aliphatic hydroxyl groups is 1. The zero-order valence-corrected chi connectivity index (χ0v) is 12.5. The van der Waals surface area contributed by atoms with E-state index in [2.05, 4.69) is 5.32 Å². The Hall–Kier alpha value is -2.66. The number of fused-ring (bicyclic) bond motifs is 1. The quantitative estimate of drug-likeness (QED) is 0.832. The first-order valence-corrected chi connectivity index (χ1v) is 7.47. The van der Waals surface area contributed by atoms with Gasteiger partial charge >= 0.3 is 5.97 Å². The number of ether oxygens (including phenoxy) is 1. The van der Waals surface area contributed by atoms with E-state index in [1.807, 2.05) is 24.3 Å². The Bertz CT molecular complexity index is 724. The lowest BCUT2D eigenvalue weighted by Gasteiger charge is -2.11. The van der Waals surface area contributed by atoms with E-state index in [0.29, 0.717) is 17.7 Å². The Balaban J connectivity index is 1.63. The minimum atomic E-state index is -0.535. The number of esters is 1. The molecular formula is C18H17NO4. The van der Waals surface area contributed by atoms with Crippen LogP contribution in [0.15, 0.2) is 48.5 Å². The van der Waals surface area contributed by atoms with Crippen molar-refractivity contribution in [1.82, 2.24) is 0 Å². The van der Waals surface area contributed by atoms with Gasteiger partial charge in [-0.2, -0.15) is 0 Å². The first-order valence-electron chi connectivity index (χ1n) is 7.47. The lowest BCUT2D eigenvalue weighted by atomic mass is 10.0. The van der Waals surface area contributed by atoms with Gasteiger partial charge in [0.25, 0.3) is 0 Å². The number of aliphatic hydroxyl groups excluding tert-OH is 1. The van der Waals surface area contributed by atoms with Crippen LogP contribution in [0.2, 0.25) is 0 Å².